The average Bonchev–Trinajstić information content (AvgIpc) is 3.19. The summed E-state index contributed by atoms with van der Waals surface area (Å²) in [5.41, 5.74) is 1.41. The molecule has 0 aliphatic heterocycles. The predicted octanol–water partition coefficient (Wildman–Crippen LogP) is 3.82. The van der Waals surface area contributed by atoms with Gasteiger partial charge in [0.15, 0.2) is 0 Å². The molecule has 1 aliphatic carbocycles. The summed E-state index contributed by atoms with van der Waals surface area (Å²) in [5.74, 6) is 1.61. The minimum Gasteiger partial charge on any atom is -0.356 e. The molecule has 0 bridgehead atoms. The smallest absolute Gasteiger partial charge is 0.203 e. The van der Waals surface area contributed by atoms with Gasteiger partial charge in [-0.1, -0.05) is 37.3 Å². The van der Waals surface area contributed by atoms with Gasteiger partial charge in [0, 0.05) is 25.0 Å². The fourth-order valence-corrected chi connectivity index (χ4v) is 2.45. The Hall–Kier alpha value is -1.77. The van der Waals surface area contributed by atoms with Crippen LogP contribution in [0.5, 0.6) is 0 Å². The maximum Gasteiger partial charge on any atom is 0.203 e. The first kappa shape index (κ1) is 12.3. The van der Waals surface area contributed by atoms with E-state index in [1.807, 2.05) is 6.20 Å². The van der Waals surface area contributed by atoms with Gasteiger partial charge < -0.3 is 9.88 Å². The lowest BCUT2D eigenvalue weighted by Gasteiger charge is -2.13. The van der Waals surface area contributed by atoms with Crippen molar-refractivity contribution >= 4 is 5.95 Å². The van der Waals surface area contributed by atoms with E-state index in [2.05, 4.69) is 58.3 Å². The lowest BCUT2D eigenvalue weighted by atomic mass is 9.98. The van der Waals surface area contributed by atoms with Crippen molar-refractivity contribution in [1.29, 1.82) is 0 Å². The van der Waals surface area contributed by atoms with Gasteiger partial charge in [-0.3, -0.25) is 0 Å². The van der Waals surface area contributed by atoms with Crippen LogP contribution in [0.25, 0.3) is 0 Å². The van der Waals surface area contributed by atoms with E-state index in [1.165, 1.54) is 18.4 Å². The fraction of sp³-hybridized carbons (Fsp3) is 0.438. The second-order valence-electron chi connectivity index (χ2n) is 5.42. The van der Waals surface area contributed by atoms with Gasteiger partial charge in [0.1, 0.15) is 0 Å². The Morgan fingerprint density at radius 3 is 2.84 bits per heavy atom. The van der Waals surface area contributed by atoms with Crippen LogP contribution in [0, 0.1) is 0 Å². The van der Waals surface area contributed by atoms with Crippen LogP contribution in [0.15, 0.2) is 42.7 Å². The van der Waals surface area contributed by atoms with Crippen LogP contribution in [0.3, 0.4) is 0 Å². The Bertz CT molecular complexity index is 514. The van der Waals surface area contributed by atoms with Crippen molar-refractivity contribution in [2.45, 2.75) is 38.1 Å². The Morgan fingerprint density at radius 1 is 1.32 bits per heavy atom. The SMILES string of the molecule is CC(CCNc1nccn1C1CC1)c1ccccc1. The molecule has 100 valence electrons. The molecule has 3 heteroatoms. The molecule has 0 radical (unpaired) electrons. The number of nitrogens with zero attached hydrogens (tertiary/aromatic N) is 2. The topological polar surface area (TPSA) is 29.9 Å². The molecule has 1 N–H and O–H groups in total. The van der Waals surface area contributed by atoms with Gasteiger partial charge in [0.25, 0.3) is 0 Å². The van der Waals surface area contributed by atoms with E-state index in [1.54, 1.807) is 0 Å². The van der Waals surface area contributed by atoms with Gasteiger partial charge in [0.2, 0.25) is 5.95 Å². The number of anilines is 1. The highest BCUT2D eigenvalue weighted by molar-refractivity contribution is 5.28. The maximum absolute atomic E-state index is 4.40. The van der Waals surface area contributed by atoms with Crippen LogP contribution >= 0.6 is 0 Å². The molecule has 0 amide bonds. The third-order valence-electron chi connectivity index (χ3n) is 3.84. The van der Waals surface area contributed by atoms with Gasteiger partial charge in [-0.2, -0.15) is 0 Å². The summed E-state index contributed by atoms with van der Waals surface area (Å²) in [6.07, 6.45) is 7.69. The zero-order valence-corrected chi connectivity index (χ0v) is 11.4. The van der Waals surface area contributed by atoms with Crippen LogP contribution in [-0.4, -0.2) is 16.1 Å². The highest BCUT2D eigenvalue weighted by Gasteiger charge is 2.25. The van der Waals surface area contributed by atoms with E-state index < -0.39 is 0 Å². The van der Waals surface area contributed by atoms with Gasteiger partial charge in [0.05, 0.1) is 0 Å². The van der Waals surface area contributed by atoms with Gasteiger partial charge in [-0.15, -0.1) is 0 Å². The zero-order valence-electron chi connectivity index (χ0n) is 11.4. The lowest BCUT2D eigenvalue weighted by Crippen LogP contribution is -2.10. The first-order valence-corrected chi connectivity index (χ1v) is 7.16. The number of hydrogen-bond acceptors (Lipinski definition) is 2. The molecule has 19 heavy (non-hydrogen) atoms. The van der Waals surface area contributed by atoms with Gasteiger partial charge in [-0.25, -0.2) is 4.98 Å². The minimum atomic E-state index is 0.582. The molecular formula is C16H21N3. The molecular weight excluding hydrogens is 234 g/mol. The van der Waals surface area contributed by atoms with Crippen LogP contribution in [0.2, 0.25) is 0 Å². The normalized spacial score (nSPS) is 16.3. The van der Waals surface area contributed by atoms with Crippen molar-refractivity contribution in [1.82, 2.24) is 9.55 Å². The van der Waals surface area contributed by atoms with E-state index in [9.17, 15) is 0 Å². The van der Waals surface area contributed by atoms with E-state index in [0.29, 0.717) is 12.0 Å². The monoisotopic (exact) mass is 255 g/mol. The molecule has 1 heterocycles. The highest BCUT2D eigenvalue weighted by atomic mass is 15.2. The summed E-state index contributed by atoms with van der Waals surface area (Å²) in [7, 11) is 0. The summed E-state index contributed by atoms with van der Waals surface area (Å²) in [4.78, 5) is 4.40. The molecule has 1 saturated carbocycles. The van der Waals surface area contributed by atoms with Crippen LogP contribution < -0.4 is 5.32 Å². The van der Waals surface area contributed by atoms with Crippen LogP contribution in [-0.2, 0) is 0 Å². The number of rotatable bonds is 6. The highest BCUT2D eigenvalue weighted by Crippen LogP contribution is 2.36. The summed E-state index contributed by atoms with van der Waals surface area (Å²) in [6.45, 7) is 3.25. The Balaban J connectivity index is 1.51. The number of nitrogens with one attached hydrogen (secondary N) is 1. The third-order valence-corrected chi connectivity index (χ3v) is 3.84. The molecule has 0 spiro atoms. The Kier molecular flexibility index (Phi) is 3.53. The van der Waals surface area contributed by atoms with Crippen molar-refractivity contribution in [3.63, 3.8) is 0 Å². The third kappa shape index (κ3) is 2.98. The molecule has 2 aromatic rings. The number of hydrogen-bond donors (Lipinski definition) is 1. The Labute approximate surface area is 114 Å². The molecule has 1 unspecified atom stereocenters. The summed E-state index contributed by atoms with van der Waals surface area (Å²) in [5, 5.41) is 3.47. The fourth-order valence-electron chi connectivity index (χ4n) is 2.45. The quantitative estimate of drug-likeness (QED) is 0.850. The molecule has 1 aliphatic rings. The average molecular weight is 255 g/mol. The van der Waals surface area contributed by atoms with Crippen molar-refractivity contribution < 1.29 is 0 Å². The molecule has 1 aromatic carbocycles. The maximum atomic E-state index is 4.40. The molecule has 1 aromatic heterocycles. The zero-order chi connectivity index (χ0) is 13.1. The lowest BCUT2D eigenvalue weighted by molar-refractivity contribution is 0.690. The van der Waals surface area contributed by atoms with Gasteiger partial charge >= 0.3 is 0 Å². The second-order valence-corrected chi connectivity index (χ2v) is 5.42. The van der Waals surface area contributed by atoms with Crippen molar-refractivity contribution in [2.75, 3.05) is 11.9 Å². The predicted molar refractivity (Wildman–Crippen MR) is 78.5 cm³/mol. The molecule has 3 rings (SSSR count). The first-order chi connectivity index (χ1) is 9.34. The molecule has 1 atom stereocenters. The number of aromatic nitrogens is 2. The summed E-state index contributed by atoms with van der Waals surface area (Å²) in [6, 6.07) is 11.4. The standard InChI is InChI=1S/C16H21N3/c1-13(14-5-3-2-4-6-14)9-10-17-16-18-11-12-19(16)15-7-8-15/h2-6,11-13,15H,7-10H2,1H3,(H,17,18). The Morgan fingerprint density at radius 2 is 2.11 bits per heavy atom. The number of benzene rings is 1. The summed E-state index contributed by atoms with van der Waals surface area (Å²) < 4.78 is 2.27. The van der Waals surface area contributed by atoms with Crippen LogP contribution in [0.4, 0.5) is 5.95 Å². The van der Waals surface area contributed by atoms with Crippen molar-refractivity contribution in [3.05, 3.63) is 48.3 Å². The van der Waals surface area contributed by atoms with E-state index >= 15 is 0 Å². The first-order valence-electron chi connectivity index (χ1n) is 7.16. The van der Waals surface area contributed by atoms with Crippen LogP contribution in [0.1, 0.15) is 43.7 Å². The second kappa shape index (κ2) is 5.47. The largest absolute Gasteiger partial charge is 0.356 e. The van der Waals surface area contributed by atoms with E-state index in [-0.39, 0.29) is 0 Å². The van der Waals surface area contributed by atoms with Gasteiger partial charge in [-0.05, 0) is 30.7 Å². The minimum absolute atomic E-state index is 0.582. The van der Waals surface area contributed by atoms with Crippen molar-refractivity contribution in [3.8, 4) is 0 Å². The number of imidazole rings is 1. The van der Waals surface area contributed by atoms with E-state index in [4.69, 9.17) is 0 Å². The molecule has 0 saturated heterocycles. The summed E-state index contributed by atoms with van der Waals surface area (Å²) >= 11 is 0. The van der Waals surface area contributed by atoms with Crippen molar-refractivity contribution in [2.24, 2.45) is 0 Å². The van der Waals surface area contributed by atoms with E-state index in [0.717, 1.165) is 18.9 Å². The molecule has 3 nitrogen and oxygen atoms in total. The molecule has 1 fully saturated rings.